The highest BCUT2D eigenvalue weighted by atomic mass is 19.2. The molecule has 88 valence electrons. The van der Waals surface area contributed by atoms with Gasteiger partial charge in [-0.3, -0.25) is 0 Å². The molecule has 1 aromatic rings. The predicted octanol–water partition coefficient (Wildman–Crippen LogP) is 2.85. The minimum absolute atomic E-state index is 0.163. The van der Waals surface area contributed by atoms with Crippen LogP contribution < -0.4 is 4.74 Å². The fraction of sp³-hybridized carbons (Fsp3) is 0.364. The van der Waals surface area contributed by atoms with Crippen LogP contribution in [0.25, 0.3) is 0 Å². The topological polar surface area (TPSA) is 26.3 Å². The summed E-state index contributed by atoms with van der Waals surface area (Å²) in [7, 11) is 0. The van der Waals surface area contributed by atoms with E-state index in [-0.39, 0.29) is 12.4 Å². The van der Waals surface area contributed by atoms with Crippen molar-refractivity contribution >= 4 is 6.29 Å². The summed E-state index contributed by atoms with van der Waals surface area (Å²) in [6.07, 6.45) is 2.35. The van der Waals surface area contributed by atoms with Gasteiger partial charge in [-0.25, -0.2) is 8.78 Å². The monoisotopic (exact) mass is 232 g/mol. The molecule has 0 amide bonds. The number of hydrogen-bond acceptors (Lipinski definition) is 2. The molecular weight excluding hydrogens is 221 g/mol. The molecule has 5 heteroatoms. The second kappa shape index (κ2) is 6.15. The fourth-order valence-electron chi connectivity index (χ4n) is 1.13. The maximum Gasteiger partial charge on any atom is 0.203 e. The molecule has 0 saturated heterocycles. The number of aldehydes is 1. The lowest BCUT2D eigenvalue weighted by Gasteiger charge is -2.07. The van der Waals surface area contributed by atoms with Crippen molar-refractivity contribution in [2.45, 2.75) is 19.3 Å². The summed E-state index contributed by atoms with van der Waals surface area (Å²) in [4.78, 5) is 9.98. The first kappa shape index (κ1) is 12.5. The second-order valence-corrected chi connectivity index (χ2v) is 3.18. The van der Waals surface area contributed by atoms with Crippen molar-refractivity contribution in [3.63, 3.8) is 0 Å². The number of unbranched alkanes of at least 4 members (excludes halogenated alkanes) is 2. The number of halogens is 3. The first-order valence-electron chi connectivity index (χ1n) is 4.86. The van der Waals surface area contributed by atoms with Crippen LogP contribution in [0, 0.1) is 17.5 Å². The van der Waals surface area contributed by atoms with E-state index >= 15 is 0 Å². The van der Waals surface area contributed by atoms with E-state index in [1.165, 1.54) is 0 Å². The van der Waals surface area contributed by atoms with Gasteiger partial charge in [0.05, 0.1) is 6.61 Å². The van der Waals surface area contributed by atoms with Crippen LogP contribution >= 0.6 is 0 Å². The highest BCUT2D eigenvalue weighted by Gasteiger charge is 2.13. The van der Waals surface area contributed by atoms with Gasteiger partial charge < -0.3 is 9.53 Å². The van der Waals surface area contributed by atoms with Gasteiger partial charge in [-0.1, -0.05) is 0 Å². The molecule has 0 bridgehead atoms. The lowest BCUT2D eigenvalue weighted by molar-refractivity contribution is -0.107. The Kier molecular flexibility index (Phi) is 4.82. The molecule has 0 radical (unpaired) electrons. The van der Waals surface area contributed by atoms with E-state index in [0.717, 1.165) is 18.4 Å². The van der Waals surface area contributed by atoms with E-state index in [2.05, 4.69) is 0 Å². The summed E-state index contributed by atoms with van der Waals surface area (Å²) >= 11 is 0. The average Bonchev–Trinajstić information content (AvgIpc) is 2.28. The molecule has 16 heavy (non-hydrogen) atoms. The van der Waals surface area contributed by atoms with Crippen LogP contribution in [0.1, 0.15) is 19.3 Å². The average molecular weight is 232 g/mol. The van der Waals surface area contributed by atoms with Crippen molar-refractivity contribution in [1.29, 1.82) is 0 Å². The Bertz CT molecular complexity index is 366. The van der Waals surface area contributed by atoms with E-state index in [1.54, 1.807) is 0 Å². The van der Waals surface area contributed by atoms with Gasteiger partial charge >= 0.3 is 0 Å². The van der Waals surface area contributed by atoms with E-state index in [4.69, 9.17) is 4.74 Å². The van der Waals surface area contributed by atoms with Gasteiger partial charge in [0.2, 0.25) is 5.82 Å². The lowest BCUT2D eigenvalue weighted by Crippen LogP contribution is -2.02. The molecule has 0 atom stereocenters. The molecule has 0 aromatic heterocycles. The largest absolute Gasteiger partial charge is 0.490 e. The summed E-state index contributed by atoms with van der Waals surface area (Å²) in [6, 6.07) is 1.84. The van der Waals surface area contributed by atoms with Crippen LogP contribution in [0.2, 0.25) is 0 Å². The van der Waals surface area contributed by atoms with Crippen molar-refractivity contribution in [3.8, 4) is 5.75 Å². The Morgan fingerprint density at radius 1 is 1.12 bits per heavy atom. The first-order chi connectivity index (χ1) is 7.66. The minimum atomic E-state index is -1.54. The highest BCUT2D eigenvalue weighted by molar-refractivity contribution is 5.48. The van der Waals surface area contributed by atoms with Gasteiger partial charge in [0.15, 0.2) is 17.4 Å². The van der Waals surface area contributed by atoms with E-state index in [0.29, 0.717) is 19.3 Å². The van der Waals surface area contributed by atoms with Crippen molar-refractivity contribution in [2.75, 3.05) is 6.61 Å². The molecule has 0 aliphatic rings. The molecule has 0 aliphatic heterocycles. The van der Waals surface area contributed by atoms with Gasteiger partial charge in [0, 0.05) is 6.42 Å². The van der Waals surface area contributed by atoms with Crippen molar-refractivity contribution in [3.05, 3.63) is 29.6 Å². The number of carbonyl (C=O) groups is 1. The molecule has 0 N–H and O–H groups in total. The van der Waals surface area contributed by atoms with Crippen LogP contribution in [0.4, 0.5) is 13.2 Å². The quantitative estimate of drug-likeness (QED) is 0.428. The van der Waals surface area contributed by atoms with E-state index in [1.807, 2.05) is 0 Å². The Morgan fingerprint density at radius 3 is 2.56 bits per heavy atom. The van der Waals surface area contributed by atoms with Crippen molar-refractivity contribution in [2.24, 2.45) is 0 Å². The van der Waals surface area contributed by atoms with Gasteiger partial charge in [0.1, 0.15) is 6.29 Å². The highest BCUT2D eigenvalue weighted by Crippen LogP contribution is 2.21. The first-order valence-corrected chi connectivity index (χ1v) is 4.86. The number of carbonyl (C=O) groups excluding carboxylic acids is 1. The fourth-order valence-corrected chi connectivity index (χ4v) is 1.13. The molecule has 1 aromatic carbocycles. The molecule has 0 unspecified atom stereocenters. The number of rotatable bonds is 6. The van der Waals surface area contributed by atoms with Crippen LogP contribution in [0.5, 0.6) is 5.75 Å². The van der Waals surface area contributed by atoms with Crippen molar-refractivity contribution in [1.82, 2.24) is 0 Å². The van der Waals surface area contributed by atoms with Crippen LogP contribution in [-0.4, -0.2) is 12.9 Å². The number of benzene rings is 1. The van der Waals surface area contributed by atoms with E-state index < -0.39 is 17.5 Å². The van der Waals surface area contributed by atoms with Crippen LogP contribution in [-0.2, 0) is 4.79 Å². The molecule has 0 saturated carbocycles. The summed E-state index contributed by atoms with van der Waals surface area (Å²) in [5.74, 6) is -4.42. The normalized spacial score (nSPS) is 10.2. The van der Waals surface area contributed by atoms with Gasteiger partial charge in [-0.2, -0.15) is 4.39 Å². The third-order valence-corrected chi connectivity index (χ3v) is 1.97. The van der Waals surface area contributed by atoms with Crippen molar-refractivity contribution < 1.29 is 22.7 Å². The molecule has 0 aliphatic carbocycles. The summed E-state index contributed by atoms with van der Waals surface area (Å²) in [5, 5.41) is 0. The SMILES string of the molecule is O=CCCCCOc1ccc(F)c(F)c1F. The maximum atomic E-state index is 13.0. The summed E-state index contributed by atoms with van der Waals surface area (Å²) in [6.45, 7) is 0.163. The Morgan fingerprint density at radius 2 is 1.88 bits per heavy atom. The van der Waals surface area contributed by atoms with Gasteiger partial charge in [0.25, 0.3) is 0 Å². The zero-order chi connectivity index (χ0) is 12.0. The molecule has 0 fully saturated rings. The number of hydrogen-bond donors (Lipinski definition) is 0. The van der Waals surface area contributed by atoms with E-state index in [9.17, 15) is 18.0 Å². The molecule has 0 spiro atoms. The van der Waals surface area contributed by atoms with Crippen LogP contribution in [0.15, 0.2) is 12.1 Å². The van der Waals surface area contributed by atoms with Gasteiger partial charge in [-0.15, -0.1) is 0 Å². The van der Waals surface area contributed by atoms with Gasteiger partial charge in [-0.05, 0) is 25.0 Å². The Labute approximate surface area is 91.0 Å². The Balaban J connectivity index is 2.48. The predicted molar refractivity (Wildman–Crippen MR) is 51.7 cm³/mol. The molecular formula is C11H11F3O2. The second-order valence-electron chi connectivity index (χ2n) is 3.18. The van der Waals surface area contributed by atoms with Crippen LogP contribution in [0.3, 0.4) is 0 Å². The molecule has 2 nitrogen and oxygen atoms in total. The summed E-state index contributed by atoms with van der Waals surface area (Å²) in [5.41, 5.74) is 0. The Hall–Kier alpha value is -1.52. The molecule has 1 rings (SSSR count). The third-order valence-electron chi connectivity index (χ3n) is 1.97. The minimum Gasteiger partial charge on any atom is -0.490 e. The molecule has 0 heterocycles. The lowest BCUT2D eigenvalue weighted by atomic mass is 10.2. The third kappa shape index (κ3) is 3.25. The zero-order valence-electron chi connectivity index (χ0n) is 8.51. The smallest absolute Gasteiger partial charge is 0.203 e. The summed E-state index contributed by atoms with van der Waals surface area (Å²) < 4.78 is 43.2. The number of ether oxygens (including phenoxy) is 1. The standard InChI is InChI=1S/C11H11F3O2/c12-8-4-5-9(11(14)10(8)13)16-7-3-1-2-6-15/h4-6H,1-3,7H2. The maximum absolute atomic E-state index is 13.0. The zero-order valence-corrected chi connectivity index (χ0v) is 8.51.